The Kier molecular flexibility index (Phi) is 8.51. The van der Waals surface area contributed by atoms with Crippen LogP contribution in [-0.4, -0.2) is 86.4 Å². The summed E-state index contributed by atoms with van der Waals surface area (Å²) in [6.07, 6.45) is -0.659. The van der Waals surface area contributed by atoms with Gasteiger partial charge in [0, 0.05) is 50.9 Å². The van der Waals surface area contributed by atoms with Crippen LogP contribution in [0.4, 0.5) is 5.69 Å². The zero-order valence-electron chi connectivity index (χ0n) is 19.2. The van der Waals surface area contributed by atoms with Gasteiger partial charge in [-0.15, -0.1) is 0 Å². The van der Waals surface area contributed by atoms with Gasteiger partial charge in [0.2, 0.25) is 5.91 Å². The molecule has 0 spiro atoms. The number of aliphatic hydroxyl groups excluding tert-OH is 1. The van der Waals surface area contributed by atoms with E-state index >= 15 is 0 Å². The minimum atomic E-state index is -0.659. The number of ether oxygens (including phenoxy) is 3. The maximum atomic E-state index is 12.9. The number of hydrogen-bond donors (Lipinski definition) is 2. The number of nitrogens with zero attached hydrogens (tertiary/aromatic N) is 2. The quantitative estimate of drug-likeness (QED) is 0.593. The van der Waals surface area contributed by atoms with E-state index in [9.17, 15) is 14.7 Å². The van der Waals surface area contributed by atoms with E-state index in [1.54, 1.807) is 61.6 Å². The molecule has 9 nitrogen and oxygen atoms in total. The fourth-order valence-electron chi connectivity index (χ4n) is 3.67. The highest BCUT2D eigenvalue weighted by Gasteiger charge is 2.24. The highest BCUT2D eigenvalue weighted by Crippen LogP contribution is 2.28. The molecule has 1 aliphatic rings. The van der Waals surface area contributed by atoms with Crippen LogP contribution in [0.25, 0.3) is 0 Å². The van der Waals surface area contributed by atoms with E-state index in [1.807, 2.05) is 0 Å². The van der Waals surface area contributed by atoms with Gasteiger partial charge in [0.25, 0.3) is 5.91 Å². The smallest absolute Gasteiger partial charge is 0.254 e. The lowest BCUT2D eigenvalue weighted by Crippen LogP contribution is -2.51. The fraction of sp³-hybridized carbons (Fsp3) is 0.417. The second kappa shape index (κ2) is 11.5. The topological polar surface area (TPSA) is 101 Å². The normalized spacial score (nSPS) is 15.0. The molecule has 0 aliphatic carbocycles. The molecule has 9 heteroatoms. The Labute approximate surface area is 193 Å². The number of hydrogen-bond acceptors (Lipinski definition) is 7. The number of methoxy groups -OCH3 is 2. The van der Waals surface area contributed by atoms with Gasteiger partial charge in [-0.2, -0.15) is 0 Å². The molecule has 2 N–H and O–H groups in total. The molecule has 2 aromatic carbocycles. The molecule has 2 aromatic rings. The van der Waals surface area contributed by atoms with Crippen molar-refractivity contribution in [2.45, 2.75) is 13.0 Å². The maximum absolute atomic E-state index is 12.9. The Morgan fingerprint density at radius 3 is 2.27 bits per heavy atom. The van der Waals surface area contributed by atoms with Gasteiger partial charge in [0.05, 0.1) is 14.2 Å². The van der Waals surface area contributed by atoms with E-state index in [0.29, 0.717) is 61.2 Å². The second-order valence-electron chi connectivity index (χ2n) is 7.83. The van der Waals surface area contributed by atoms with Crippen LogP contribution in [-0.2, 0) is 4.79 Å². The largest absolute Gasteiger partial charge is 0.493 e. The zero-order valence-corrected chi connectivity index (χ0v) is 19.2. The number of benzene rings is 2. The zero-order chi connectivity index (χ0) is 23.8. The minimum absolute atomic E-state index is 0.0535. The molecule has 3 rings (SSSR count). The molecule has 0 aromatic heterocycles. The first kappa shape index (κ1) is 24.3. The van der Waals surface area contributed by atoms with Gasteiger partial charge < -0.3 is 29.5 Å². The van der Waals surface area contributed by atoms with Gasteiger partial charge >= 0.3 is 0 Å². The van der Waals surface area contributed by atoms with Crippen LogP contribution in [0.3, 0.4) is 0 Å². The summed E-state index contributed by atoms with van der Waals surface area (Å²) in [4.78, 5) is 27.8. The van der Waals surface area contributed by atoms with Crippen molar-refractivity contribution in [2.24, 2.45) is 0 Å². The Balaban J connectivity index is 1.43. The third-order valence-corrected chi connectivity index (χ3v) is 5.38. The number of amides is 2. The average molecular weight is 458 g/mol. The van der Waals surface area contributed by atoms with E-state index in [2.05, 4.69) is 10.2 Å². The monoisotopic (exact) mass is 457 g/mol. The van der Waals surface area contributed by atoms with E-state index in [1.165, 1.54) is 6.92 Å². The predicted octanol–water partition coefficient (Wildman–Crippen LogP) is 1.86. The summed E-state index contributed by atoms with van der Waals surface area (Å²) in [5, 5.41) is 13.1. The number of rotatable bonds is 9. The number of carbonyl (C=O) groups excluding carboxylic acids is 2. The van der Waals surface area contributed by atoms with Gasteiger partial charge in [-0.25, -0.2) is 0 Å². The fourth-order valence-corrected chi connectivity index (χ4v) is 3.67. The van der Waals surface area contributed by atoms with Crippen LogP contribution >= 0.6 is 0 Å². The number of β-amino-alcohol motifs (C(OH)–C–C–N with tert-alkyl or cyclic N) is 1. The van der Waals surface area contributed by atoms with Crippen LogP contribution < -0.4 is 19.5 Å². The molecule has 1 atom stereocenters. The Morgan fingerprint density at radius 2 is 1.67 bits per heavy atom. The van der Waals surface area contributed by atoms with Crippen LogP contribution in [0, 0.1) is 0 Å². The first-order valence-electron chi connectivity index (χ1n) is 10.8. The van der Waals surface area contributed by atoms with Crippen molar-refractivity contribution in [1.82, 2.24) is 9.80 Å². The molecule has 178 valence electrons. The molecule has 0 saturated carbocycles. The van der Waals surface area contributed by atoms with E-state index < -0.39 is 6.10 Å². The van der Waals surface area contributed by atoms with Gasteiger partial charge in [-0.3, -0.25) is 14.5 Å². The van der Waals surface area contributed by atoms with Gasteiger partial charge in [-0.1, -0.05) is 0 Å². The standard InChI is InChI=1S/C24H31N3O6/c1-17(28)25-19-5-7-21(8-6-19)33-16-20(29)15-26-10-12-27(13-11-26)24(30)18-4-9-22(31-2)23(14-18)32-3/h4-9,14,20,29H,10-13,15-16H2,1-3H3,(H,25,28). The second-order valence-corrected chi connectivity index (χ2v) is 7.83. The van der Waals surface area contributed by atoms with E-state index in [-0.39, 0.29) is 18.4 Å². The first-order valence-corrected chi connectivity index (χ1v) is 10.8. The molecule has 1 heterocycles. The number of piperazine rings is 1. The summed E-state index contributed by atoms with van der Waals surface area (Å²) >= 11 is 0. The Hall–Kier alpha value is -3.30. The maximum Gasteiger partial charge on any atom is 0.254 e. The van der Waals surface area contributed by atoms with Crippen molar-refractivity contribution in [3.05, 3.63) is 48.0 Å². The molecule has 33 heavy (non-hydrogen) atoms. The predicted molar refractivity (Wildman–Crippen MR) is 124 cm³/mol. The molecule has 1 unspecified atom stereocenters. The summed E-state index contributed by atoms with van der Waals surface area (Å²) in [5.74, 6) is 1.54. The van der Waals surface area contributed by atoms with E-state index in [4.69, 9.17) is 14.2 Å². The van der Waals surface area contributed by atoms with Crippen LogP contribution in [0.1, 0.15) is 17.3 Å². The number of anilines is 1. The van der Waals surface area contributed by atoms with Crippen molar-refractivity contribution in [3.63, 3.8) is 0 Å². The average Bonchev–Trinajstić information content (AvgIpc) is 2.83. The minimum Gasteiger partial charge on any atom is -0.493 e. The number of nitrogens with one attached hydrogen (secondary N) is 1. The van der Waals surface area contributed by atoms with Gasteiger partial charge in [0.15, 0.2) is 11.5 Å². The van der Waals surface area contributed by atoms with Crippen LogP contribution in [0.15, 0.2) is 42.5 Å². The summed E-state index contributed by atoms with van der Waals surface area (Å²) in [6.45, 7) is 4.55. The van der Waals surface area contributed by atoms with Gasteiger partial charge in [0.1, 0.15) is 18.5 Å². The first-order chi connectivity index (χ1) is 15.9. The molecule has 1 saturated heterocycles. The lowest BCUT2D eigenvalue weighted by atomic mass is 10.1. The Bertz CT molecular complexity index is 942. The lowest BCUT2D eigenvalue weighted by Gasteiger charge is -2.35. The molecule has 2 amide bonds. The number of aliphatic hydroxyl groups is 1. The van der Waals surface area contributed by atoms with Crippen molar-refractivity contribution < 1.29 is 28.9 Å². The molecular formula is C24H31N3O6. The Morgan fingerprint density at radius 1 is 1.00 bits per heavy atom. The van der Waals surface area contributed by atoms with Gasteiger partial charge in [-0.05, 0) is 42.5 Å². The molecular weight excluding hydrogens is 426 g/mol. The summed E-state index contributed by atoms with van der Waals surface area (Å²) in [6, 6.07) is 12.1. The van der Waals surface area contributed by atoms with E-state index in [0.717, 1.165) is 0 Å². The molecule has 1 fully saturated rings. The molecule has 0 radical (unpaired) electrons. The van der Waals surface area contributed by atoms with Crippen molar-refractivity contribution in [2.75, 3.05) is 58.9 Å². The van der Waals surface area contributed by atoms with Crippen molar-refractivity contribution in [3.8, 4) is 17.2 Å². The SMILES string of the molecule is COc1ccc(C(=O)N2CCN(CC(O)COc3ccc(NC(C)=O)cc3)CC2)cc1OC. The molecule has 1 aliphatic heterocycles. The van der Waals surface area contributed by atoms with Crippen molar-refractivity contribution >= 4 is 17.5 Å². The lowest BCUT2D eigenvalue weighted by molar-refractivity contribution is -0.114. The highest BCUT2D eigenvalue weighted by atomic mass is 16.5. The summed E-state index contributed by atoms with van der Waals surface area (Å²) < 4.78 is 16.2. The summed E-state index contributed by atoms with van der Waals surface area (Å²) in [7, 11) is 3.10. The third-order valence-electron chi connectivity index (χ3n) is 5.38. The number of carbonyl (C=O) groups is 2. The molecule has 0 bridgehead atoms. The third kappa shape index (κ3) is 6.84. The van der Waals surface area contributed by atoms with Crippen molar-refractivity contribution in [1.29, 1.82) is 0 Å². The van der Waals surface area contributed by atoms with Crippen LogP contribution in [0.2, 0.25) is 0 Å². The highest BCUT2D eigenvalue weighted by molar-refractivity contribution is 5.95. The summed E-state index contributed by atoms with van der Waals surface area (Å²) in [5.41, 5.74) is 1.25. The van der Waals surface area contributed by atoms with Crippen LogP contribution in [0.5, 0.6) is 17.2 Å².